The first-order valence-electron chi connectivity index (χ1n) is 6.51. The first kappa shape index (κ1) is 16.9. The van der Waals surface area contributed by atoms with E-state index in [-0.39, 0.29) is 18.4 Å². The average molecular weight is 355 g/mol. The van der Waals surface area contributed by atoms with Gasteiger partial charge in [-0.1, -0.05) is 29.8 Å². The van der Waals surface area contributed by atoms with Crippen LogP contribution in [0.1, 0.15) is 0 Å². The van der Waals surface area contributed by atoms with Gasteiger partial charge in [0.25, 0.3) is 0 Å². The zero-order chi connectivity index (χ0) is 15.9. The van der Waals surface area contributed by atoms with E-state index in [4.69, 9.17) is 11.6 Å². The zero-order valence-electron chi connectivity index (χ0n) is 11.9. The van der Waals surface area contributed by atoms with Crippen LogP contribution in [0, 0.1) is 0 Å². The molecule has 2 aromatic rings. The fourth-order valence-electron chi connectivity index (χ4n) is 1.64. The van der Waals surface area contributed by atoms with Gasteiger partial charge in [0.2, 0.25) is 11.8 Å². The maximum Gasteiger partial charge on any atom is 0.244 e. The summed E-state index contributed by atoms with van der Waals surface area (Å²) in [5, 5.41) is 5.13. The summed E-state index contributed by atoms with van der Waals surface area (Å²) in [5.74, 6) is -0.0473. The molecule has 0 unspecified atom stereocenters. The Morgan fingerprint density at radius 1 is 1.27 bits per heavy atom. The number of hydrogen-bond donors (Lipinski definition) is 1. The highest BCUT2D eigenvalue weighted by Gasteiger charge is 2.14. The van der Waals surface area contributed by atoms with E-state index in [0.717, 1.165) is 4.21 Å². The number of benzene rings is 1. The molecule has 116 valence electrons. The molecule has 22 heavy (non-hydrogen) atoms. The molecule has 0 spiro atoms. The normalized spacial score (nSPS) is 10.3. The number of rotatable bonds is 6. The van der Waals surface area contributed by atoms with Crippen molar-refractivity contribution in [3.8, 4) is 0 Å². The summed E-state index contributed by atoms with van der Waals surface area (Å²) in [7, 11) is 1.61. The number of amides is 2. The van der Waals surface area contributed by atoms with Crippen LogP contribution in [0.5, 0.6) is 0 Å². The molecule has 2 amide bonds. The third-order valence-electron chi connectivity index (χ3n) is 2.79. The zero-order valence-corrected chi connectivity index (χ0v) is 14.3. The Morgan fingerprint density at radius 2 is 2.05 bits per heavy atom. The van der Waals surface area contributed by atoms with E-state index in [1.807, 2.05) is 17.5 Å². The molecular weight excluding hydrogens is 340 g/mol. The lowest BCUT2D eigenvalue weighted by Crippen LogP contribution is -2.35. The van der Waals surface area contributed by atoms with Gasteiger partial charge in [0.05, 0.1) is 27.2 Å². The predicted molar refractivity (Wildman–Crippen MR) is 92.8 cm³/mol. The van der Waals surface area contributed by atoms with Crippen LogP contribution in [0.25, 0.3) is 0 Å². The second kappa shape index (κ2) is 8.22. The third-order valence-corrected chi connectivity index (χ3v) is 5.23. The van der Waals surface area contributed by atoms with Crippen molar-refractivity contribution >= 4 is 52.2 Å². The Hall–Kier alpha value is -1.50. The number of hydrogen-bond acceptors (Lipinski definition) is 4. The molecule has 0 aliphatic rings. The topological polar surface area (TPSA) is 49.4 Å². The van der Waals surface area contributed by atoms with Crippen LogP contribution in [0.3, 0.4) is 0 Å². The quantitative estimate of drug-likeness (QED) is 0.806. The van der Waals surface area contributed by atoms with Crippen LogP contribution >= 0.6 is 34.7 Å². The SMILES string of the molecule is CN(CC(=O)Nc1ccccc1Cl)C(=O)CSc1cccs1. The summed E-state index contributed by atoms with van der Waals surface area (Å²) in [6.07, 6.45) is 0. The Morgan fingerprint density at radius 3 is 2.73 bits per heavy atom. The fraction of sp³-hybridized carbons (Fsp3) is 0.200. The second-order valence-electron chi connectivity index (χ2n) is 4.50. The molecule has 0 radical (unpaired) electrons. The van der Waals surface area contributed by atoms with Crippen molar-refractivity contribution in [1.29, 1.82) is 0 Å². The average Bonchev–Trinajstić information content (AvgIpc) is 3.00. The van der Waals surface area contributed by atoms with Gasteiger partial charge < -0.3 is 10.2 Å². The molecule has 0 aliphatic carbocycles. The molecule has 0 saturated heterocycles. The van der Waals surface area contributed by atoms with Gasteiger partial charge in [-0.2, -0.15) is 0 Å². The molecule has 2 rings (SSSR count). The van der Waals surface area contributed by atoms with E-state index < -0.39 is 0 Å². The fourth-order valence-corrected chi connectivity index (χ4v) is 3.55. The van der Waals surface area contributed by atoms with Gasteiger partial charge in [-0.3, -0.25) is 9.59 Å². The highest BCUT2D eigenvalue weighted by Crippen LogP contribution is 2.23. The Kier molecular flexibility index (Phi) is 6.30. The lowest BCUT2D eigenvalue weighted by molar-refractivity contribution is -0.131. The smallest absolute Gasteiger partial charge is 0.244 e. The number of anilines is 1. The molecule has 1 aromatic carbocycles. The minimum atomic E-state index is -0.273. The van der Waals surface area contributed by atoms with Crippen LogP contribution in [0.15, 0.2) is 46.0 Å². The lowest BCUT2D eigenvalue weighted by atomic mass is 10.3. The van der Waals surface area contributed by atoms with Gasteiger partial charge in [0.15, 0.2) is 0 Å². The number of carbonyl (C=O) groups is 2. The molecule has 0 fully saturated rings. The molecule has 0 saturated carbocycles. The van der Waals surface area contributed by atoms with Crippen LogP contribution in [0.2, 0.25) is 5.02 Å². The highest BCUT2D eigenvalue weighted by molar-refractivity contribution is 8.01. The van der Waals surface area contributed by atoms with Gasteiger partial charge in [0, 0.05) is 7.05 Å². The maximum atomic E-state index is 12.0. The summed E-state index contributed by atoms with van der Waals surface area (Å²) in [6, 6.07) is 10.9. The number of likely N-dealkylation sites (N-methyl/N-ethyl adjacent to an activating group) is 1. The van der Waals surface area contributed by atoms with E-state index in [0.29, 0.717) is 16.5 Å². The van der Waals surface area contributed by atoms with Gasteiger partial charge >= 0.3 is 0 Å². The monoisotopic (exact) mass is 354 g/mol. The number of halogens is 1. The van der Waals surface area contributed by atoms with Crippen LogP contribution in [-0.2, 0) is 9.59 Å². The molecule has 1 aromatic heterocycles. The van der Waals surface area contributed by atoms with E-state index in [1.54, 1.807) is 42.6 Å². The Bertz CT molecular complexity index is 647. The molecule has 4 nitrogen and oxygen atoms in total. The summed E-state index contributed by atoms with van der Waals surface area (Å²) >= 11 is 9.04. The van der Waals surface area contributed by atoms with Crippen molar-refractivity contribution in [3.63, 3.8) is 0 Å². The Balaban J connectivity index is 1.80. The molecule has 0 aliphatic heterocycles. The summed E-state index contributed by atoms with van der Waals surface area (Å²) < 4.78 is 1.09. The Labute approximate surface area is 142 Å². The maximum absolute atomic E-state index is 12.0. The van der Waals surface area contributed by atoms with Gasteiger partial charge in [-0.05, 0) is 23.6 Å². The summed E-state index contributed by atoms with van der Waals surface area (Å²) in [6.45, 7) is -0.00490. The molecule has 7 heteroatoms. The minimum Gasteiger partial charge on any atom is -0.336 e. The molecule has 0 bridgehead atoms. The van der Waals surface area contributed by atoms with Gasteiger partial charge in [-0.15, -0.1) is 23.1 Å². The summed E-state index contributed by atoms with van der Waals surface area (Å²) in [5.41, 5.74) is 0.544. The summed E-state index contributed by atoms with van der Waals surface area (Å²) in [4.78, 5) is 25.4. The van der Waals surface area contributed by atoms with Gasteiger partial charge in [-0.25, -0.2) is 0 Å². The third kappa shape index (κ3) is 5.05. The van der Waals surface area contributed by atoms with Gasteiger partial charge in [0.1, 0.15) is 0 Å². The predicted octanol–water partition coefficient (Wildman–Crippen LogP) is 3.59. The van der Waals surface area contributed by atoms with Crippen LogP contribution in [-0.4, -0.2) is 36.1 Å². The largest absolute Gasteiger partial charge is 0.336 e. The second-order valence-corrected chi connectivity index (χ2v) is 7.13. The first-order chi connectivity index (χ1) is 10.6. The van der Waals surface area contributed by atoms with Crippen LogP contribution < -0.4 is 5.32 Å². The first-order valence-corrected chi connectivity index (χ1v) is 8.75. The number of para-hydroxylation sites is 1. The van der Waals surface area contributed by atoms with E-state index in [1.165, 1.54) is 16.7 Å². The number of nitrogens with one attached hydrogen (secondary N) is 1. The molecule has 0 atom stereocenters. The van der Waals surface area contributed by atoms with Crippen molar-refractivity contribution in [1.82, 2.24) is 4.90 Å². The van der Waals surface area contributed by atoms with Crippen molar-refractivity contribution in [3.05, 3.63) is 46.8 Å². The highest BCUT2D eigenvalue weighted by atomic mass is 35.5. The standard InChI is InChI=1S/C15H15ClN2O2S2/c1-18(14(20)10-22-15-7-4-8-21-15)9-13(19)17-12-6-3-2-5-11(12)16/h2-8H,9-10H2,1H3,(H,17,19). The number of thioether (sulfide) groups is 1. The van der Waals surface area contributed by atoms with Crippen molar-refractivity contribution < 1.29 is 9.59 Å². The van der Waals surface area contributed by atoms with Crippen molar-refractivity contribution in [2.45, 2.75) is 4.21 Å². The van der Waals surface area contributed by atoms with E-state index in [2.05, 4.69) is 5.32 Å². The van der Waals surface area contributed by atoms with E-state index in [9.17, 15) is 9.59 Å². The molecule has 1 heterocycles. The van der Waals surface area contributed by atoms with Crippen molar-refractivity contribution in [2.24, 2.45) is 0 Å². The minimum absolute atomic E-state index is 0.00490. The molecular formula is C15H15ClN2O2S2. The van der Waals surface area contributed by atoms with Crippen molar-refractivity contribution in [2.75, 3.05) is 24.7 Å². The number of nitrogens with zero attached hydrogens (tertiary/aromatic N) is 1. The van der Waals surface area contributed by atoms with E-state index >= 15 is 0 Å². The number of thiophene rings is 1. The number of carbonyl (C=O) groups excluding carboxylic acids is 2. The van der Waals surface area contributed by atoms with Crippen LogP contribution in [0.4, 0.5) is 5.69 Å². The molecule has 1 N–H and O–H groups in total. The lowest BCUT2D eigenvalue weighted by Gasteiger charge is -2.16.